The largest absolute Gasteiger partial charge is 0.421 e. The van der Waals surface area contributed by atoms with Crippen LogP contribution in [0, 0.1) is 6.92 Å². The monoisotopic (exact) mass is 481 g/mol. The van der Waals surface area contributed by atoms with E-state index < -0.39 is 11.8 Å². The van der Waals surface area contributed by atoms with Crippen LogP contribution in [0.15, 0.2) is 67.0 Å². The number of aryl methyl sites for hydroxylation is 1. The molecule has 2 aromatic carbocycles. The number of piperazine rings is 1. The maximum absolute atomic E-state index is 13.1. The van der Waals surface area contributed by atoms with Gasteiger partial charge >= 0.3 is 6.18 Å². The van der Waals surface area contributed by atoms with E-state index in [-0.39, 0.29) is 5.56 Å². The summed E-state index contributed by atoms with van der Waals surface area (Å²) >= 11 is 0. The molecule has 184 valence electrons. The van der Waals surface area contributed by atoms with Crippen LogP contribution in [0.25, 0.3) is 11.1 Å². The minimum absolute atomic E-state index is 0.162. The van der Waals surface area contributed by atoms with E-state index in [0.717, 1.165) is 49.8 Å². The highest BCUT2D eigenvalue weighted by atomic mass is 19.4. The Morgan fingerprint density at radius 2 is 1.49 bits per heavy atom. The predicted octanol–water partition coefficient (Wildman–Crippen LogP) is 5.29. The summed E-state index contributed by atoms with van der Waals surface area (Å²) in [5.74, 6) is 0. The van der Waals surface area contributed by atoms with Gasteiger partial charge in [-0.1, -0.05) is 42.5 Å². The zero-order valence-corrected chi connectivity index (χ0v) is 20.0. The highest BCUT2D eigenvalue weighted by Gasteiger charge is 2.51. The Morgan fingerprint density at radius 1 is 0.886 bits per heavy atom. The van der Waals surface area contributed by atoms with Crippen molar-refractivity contribution in [3.63, 3.8) is 0 Å². The maximum atomic E-state index is 13.1. The quantitative estimate of drug-likeness (QED) is 0.520. The number of pyridine rings is 1. The zero-order chi connectivity index (χ0) is 24.8. The summed E-state index contributed by atoms with van der Waals surface area (Å²) in [6, 6.07) is 17.7. The summed E-state index contributed by atoms with van der Waals surface area (Å²) in [5.41, 5.74) is 2.43. The molecular formula is C28H30F3N3O. The number of halogens is 3. The Balaban J connectivity index is 1.23. The van der Waals surface area contributed by atoms with E-state index in [1.165, 1.54) is 29.7 Å². The molecule has 3 heterocycles. The lowest BCUT2D eigenvalue weighted by molar-refractivity contribution is -0.258. The van der Waals surface area contributed by atoms with Gasteiger partial charge in [-0.25, -0.2) is 0 Å². The SMILES string of the molecule is Cc1cc(CN2CC3CC2CN3Cc2ccncc2)ccc1-c1ccc(C(C)(O)C(F)(F)F)cc1. The molecule has 1 N–H and O–H groups in total. The van der Waals surface area contributed by atoms with Crippen molar-refractivity contribution in [2.24, 2.45) is 0 Å². The van der Waals surface area contributed by atoms with Gasteiger partial charge < -0.3 is 5.11 Å². The van der Waals surface area contributed by atoms with Crippen molar-refractivity contribution in [2.45, 2.75) is 57.2 Å². The van der Waals surface area contributed by atoms with Crippen molar-refractivity contribution in [3.05, 3.63) is 89.2 Å². The lowest BCUT2D eigenvalue weighted by Crippen LogP contribution is -2.45. The Kier molecular flexibility index (Phi) is 6.20. The second-order valence-corrected chi connectivity index (χ2v) is 10.1. The molecule has 2 fully saturated rings. The van der Waals surface area contributed by atoms with Crippen LogP contribution >= 0.6 is 0 Å². The third-order valence-electron chi connectivity index (χ3n) is 7.59. The van der Waals surface area contributed by atoms with E-state index in [0.29, 0.717) is 12.1 Å². The second kappa shape index (κ2) is 9.04. The van der Waals surface area contributed by atoms with Crippen molar-refractivity contribution in [3.8, 4) is 11.1 Å². The zero-order valence-electron chi connectivity index (χ0n) is 20.0. The van der Waals surface area contributed by atoms with Crippen LogP contribution in [-0.2, 0) is 18.7 Å². The molecule has 3 atom stereocenters. The highest BCUT2D eigenvalue weighted by molar-refractivity contribution is 5.68. The third-order valence-corrected chi connectivity index (χ3v) is 7.59. The van der Waals surface area contributed by atoms with Crippen LogP contribution in [0.5, 0.6) is 0 Å². The van der Waals surface area contributed by atoms with Gasteiger partial charge in [0.25, 0.3) is 0 Å². The van der Waals surface area contributed by atoms with Crippen LogP contribution in [0.3, 0.4) is 0 Å². The smallest absolute Gasteiger partial charge is 0.376 e. The number of rotatable bonds is 6. The van der Waals surface area contributed by atoms with Crippen molar-refractivity contribution in [1.82, 2.24) is 14.8 Å². The summed E-state index contributed by atoms with van der Waals surface area (Å²) in [6.45, 7) is 6.84. The van der Waals surface area contributed by atoms with Crippen molar-refractivity contribution >= 4 is 0 Å². The van der Waals surface area contributed by atoms with Crippen LogP contribution in [-0.4, -0.2) is 51.2 Å². The van der Waals surface area contributed by atoms with Gasteiger partial charge in [0.05, 0.1) is 0 Å². The normalized spacial score (nSPS) is 22.5. The first-order valence-corrected chi connectivity index (χ1v) is 12.0. The van der Waals surface area contributed by atoms with Crippen LogP contribution in [0.1, 0.15) is 35.6 Å². The minimum atomic E-state index is -4.73. The summed E-state index contributed by atoms with van der Waals surface area (Å²) in [4.78, 5) is 9.24. The molecule has 5 rings (SSSR count). The second-order valence-electron chi connectivity index (χ2n) is 10.1. The van der Waals surface area contributed by atoms with E-state index in [1.807, 2.05) is 25.4 Å². The maximum Gasteiger partial charge on any atom is 0.421 e. The fourth-order valence-electron chi connectivity index (χ4n) is 5.46. The molecule has 1 aromatic heterocycles. The number of hydrogen-bond donors (Lipinski definition) is 1. The average Bonchev–Trinajstić information content (AvgIpc) is 3.39. The Hall–Kier alpha value is -2.74. The average molecular weight is 482 g/mol. The lowest BCUT2D eigenvalue weighted by Gasteiger charge is -2.34. The molecule has 35 heavy (non-hydrogen) atoms. The molecule has 7 heteroatoms. The van der Waals surface area contributed by atoms with Gasteiger partial charge in [0.2, 0.25) is 0 Å². The minimum Gasteiger partial charge on any atom is -0.376 e. The van der Waals surface area contributed by atoms with Gasteiger partial charge in [-0.05, 0) is 65.8 Å². The van der Waals surface area contributed by atoms with Gasteiger partial charge in [-0.3, -0.25) is 14.8 Å². The summed E-state index contributed by atoms with van der Waals surface area (Å²) in [5, 5.41) is 9.91. The van der Waals surface area contributed by atoms with Crippen molar-refractivity contribution < 1.29 is 18.3 Å². The molecule has 4 nitrogen and oxygen atoms in total. The third kappa shape index (κ3) is 4.73. The lowest BCUT2D eigenvalue weighted by atomic mass is 9.92. The van der Waals surface area contributed by atoms with E-state index in [9.17, 15) is 18.3 Å². The first-order chi connectivity index (χ1) is 16.6. The van der Waals surface area contributed by atoms with E-state index in [4.69, 9.17) is 0 Å². The highest BCUT2D eigenvalue weighted by Crippen LogP contribution is 2.39. The first-order valence-electron chi connectivity index (χ1n) is 12.0. The molecule has 2 aliphatic heterocycles. The number of alkyl halides is 3. The molecular weight excluding hydrogens is 451 g/mol. The molecule has 2 bridgehead atoms. The van der Waals surface area contributed by atoms with Crippen molar-refractivity contribution in [2.75, 3.05) is 13.1 Å². The number of likely N-dealkylation sites (tertiary alicyclic amines) is 2. The predicted molar refractivity (Wildman–Crippen MR) is 129 cm³/mol. The molecule has 0 aliphatic carbocycles. The molecule has 2 aliphatic rings. The van der Waals surface area contributed by atoms with E-state index in [2.05, 4.69) is 39.0 Å². The molecule has 0 spiro atoms. The summed E-state index contributed by atoms with van der Waals surface area (Å²) < 4.78 is 39.4. The van der Waals surface area contributed by atoms with Gasteiger partial charge in [0.15, 0.2) is 5.60 Å². The van der Waals surface area contributed by atoms with Gasteiger partial charge in [-0.15, -0.1) is 0 Å². The molecule has 0 saturated carbocycles. The number of benzene rings is 2. The van der Waals surface area contributed by atoms with Crippen LogP contribution < -0.4 is 0 Å². The van der Waals surface area contributed by atoms with Crippen LogP contribution in [0.4, 0.5) is 13.2 Å². The Bertz CT molecular complexity index is 1180. The number of aromatic nitrogens is 1. The molecule has 3 aromatic rings. The molecule has 0 radical (unpaired) electrons. The Labute approximate surface area is 204 Å². The van der Waals surface area contributed by atoms with E-state index in [1.54, 1.807) is 12.1 Å². The van der Waals surface area contributed by atoms with Crippen LogP contribution in [0.2, 0.25) is 0 Å². The molecule has 3 unspecified atom stereocenters. The standard InChI is InChI=1S/C28H30F3N3O/c1-19-13-21(3-8-26(19)22-4-6-23(7-5-22)27(2,35)28(29,30)31)16-34-18-24-14-25(34)17-33(24)15-20-9-11-32-12-10-20/h3-13,24-25,35H,14-18H2,1-2H3. The summed E-state index contributed by atoms with van der Waals surface area (Å²) in [7, 11) is 0. The fraction of sp³-hybridized carbons (Fsp3) is 0.393. The number of fused-ring (bicyclic) bond motifs is 2. The van der Waals surface area contributed by atoms with Crippen molar-refractivity contribution in [1.29, 1.82) is 0 Å². The number of nitrogens with zero attached hydrogens (tertiary/aromatic N) is 3. The number of aliphatic hydroxyl groups is 1. The fourth-order valence-corrected chi connectivity index (χ4v) is 5.46. The first kappa shape index (κ1) is 24.0. The van der Waals surface area contributed by atoms with Gasteiger partial charge in [0.1, 0.15) is 0 Å². The van der Waals surface area contributed by atoms with E-state index >= 15 is 0 Å². The molecule has 2 saturated heterocycles. The summed E-state index contributed by atoms with van der Waals surface area (Å²) in [6.07, 6.45) is 0.179. The Morgan fingerprint density at radius 3 is 2.03 bits per heavy atom. The topological polar surface area (TPSA) is 39.6 Å². The molecule has 0 amide bonds. The number of hydrogen-bond acceptors (Lipinski definition) is 4. The van der Waals surface area contributed by atoms with Gasteiger partial charge in [0, 0.05) is 50.7 Å². The van der Waals surface area contributed by atoms with Gasteiger partial charge in [-0.2, -0.15) is 13.2 Å².